The number of aromatic hydroxyl groups is 1. The zero-order valence-corrected chi connectivity index (χ0v) is 8.88. The number of ether oxygens (including phenoxy) is 1. The van der Waals surface area contributed by atoms with Crippen LogP contribution in [-0.2, 0) is 4.79 Å². The Morgan fingerprint density at radius 2 is 2.18 bits per heavy atom. The van der Waals surface area contributed by atoms with Crippen molar-refractivity contribution in [2.45, 2.75) is 0 Å². The van der Waals surface area contributed by atoms with Gasteiger partial charge in [0.15, 0.2) is 5.78 Å². The van der Waals surface area contributed by atoms with Gasteiger partial charge >= 0.3 is 0 Å². The van der Waals surface area contributed by atoms with Crippen LogP contribution >= 0.6 is 0 Å². The maximum absolute atomic E-state index is 11.2. The van der Waals surface area contributed by atoms with Crippen LogP contribution < -0.4 is 4.74 Å². The second-order valence-electron chi connectivity index (χ2n) is 3.84. The molecule has 1 aromatic rings. The smallest absolute Gasteiger partial charge is 0.179 e. The zero-order chi connectivity index (χ0) is 11.8. The molecule has 4 heteroatoms. The molecule has 0 radical (unpaired) electrons. The van der Waals surface area contributed by atoms with Gasteiger partial charge in [0, 0.05) is 11.6 Å². The first-order valence-corrected chi connectivity index (χ1v) is 5.20. The Kier molecular flexibility index (Phi) is 2.08. The van der Waals surface area contributed by atoms with Gasteiger partial charge in [-0.15, -0.1) is 0 Å². The predicted molar refractivity (Wildman–Crippen MR) is 62.9 cm³/mol. The molecule has 0 spiro atoms. The molecule has 0 bridgehead atoms. The van der Waals surface area contributed by atoms with Crippen molar-refractivity contribution in [3.8, 4) is 11.5 Å². The van der Waals surface area contributed by atoms with E-state index in [4.69, 9.17) is 4.74 Å². The van der Waals surface area contributed by atoms with Crippen molar-refractivity contribution in [3.63, 3.8) is 0 Å². The summed E-state index contributed by atoms with van der Waals surface area (Å²) in [6, 6.07) is 4.76. The molecule has 0 atom stereocenters. The van der Waals surface area contributed by atoms with Crippen LogP contribution in [0.4, 0.5) is 5.69 Å². The van der Waals surface area contributed by atoms with E-state index in [1.807, 2.05) is 0 Å². The van der Waals surface area contributed by atoms with Crippen molar-refractivity contribution in [1.29, 1.82) is 0 Å². The van der Waals surface area contributed by atoms with Gasteiger partial charge in [-0.05, 0) is 30.4 Å². The van der Waals surface area contributed by atoms with Crippen LogP contribution in [-0.4, -0.2) is 23.2 Å². The second kappa shape index (κ2) is 3.59. The molecule has 1 aliphatic carbocycles. The molecule has 0 fully saturated rings. The lowest BCUT2D eigenvalue weighted by Crippen LogP contribution is -2.12. The van der Waals surface area contributed by atoms with Gasteiger partial charge in [0.1, 0.15) is 23.8 Å². The number of phenolic OH excluding ortho intramolecular Hbond substituents is 1. The summed E-state index contributed by atoms with van der Waals surface area (Å²) in [4.78, 5) is 15.7. The number of carbonyl (C=O) groups is 1. The van der Waals surface area contributed by atoms with Crippen molar-refractivity contribution in [2.75, 3.05) is 6.61 Å². The monoisotopic (exact) mass is 227 g/mol. The molecule has 1 heterocycles. The Hall–Kier alpha value is -2.36. The average Bonchev–Trinajstić information content (AvgIpc) is 2.48. The van der Waals surface area contributed by atoms with Gasteiger partial charge in [0.05, 0.1) is 5.71 Å². The first-order valence-electron chi connectivity index (χ1n) is 5.20. The number of phenols is 1. The number of fused-ring (bicyclic) bond motifs is 2. The summed E-state index contributed by atoms with van der Waals surface area (Å²) in [7, 11) is 0. The highest BCUT2D eigenvalue weighted by molar-refractivity contribution is 6.20. The third kappa shape index (κ3) is 1.73. The fourth-order valence-electron chi connectivity index (χ4n) is 1.78. The van der Waals surface area contributed by atoms with Gasteiger partial charge in [0.25, 0.3) is 0 Å². The maximum Gasteiger partial charge on any atom is 0.179 e. The first kappa shape index (κ1) is 9.84. The Balaban J connectivity index is 2.11. The molecule has 0 unspecified atom stereocenters. The Morgan fingerprint density at radius 1 is 1.29 bits per heavy atom. The van der Waals surface area contributed by atoms with Crippen molar-refractivity contribution in [1.82, 2.24) is 0 Å². The number of hydrogen-bond donors (Lipinski definition) is 1. The van der Waals surface area contributed by atoms with E-state index in [0.717, 1.165) is 11.3 Å². The van der Waals surface area contributed by atoms with Gasteiger partial charge in [-0.25, -0.2) is 4.99 Å². The highest BCUT2D eigenvalue weighted by atomic mass is 16.5. The maximum atomic E-state index is 11.2. The van der Waals surface area contributed by atoms with Gasteiger partial charge in [-0.1, -0.05) is 0 Å². The second-order valence-corrected chi connectivity index (χ2v) is 3.84. The third-order valence-corrected chi connectivity index (χ3v) is 2.62. The number of carbonyl (C=O) groups excluding carboxylic acids is 1. The first-order chi connectivity index (χ1) is 8.22. The lowest BCUT2D eigenvalue weighted by atomic mass is 10.0. The summed E-state index contributed by atoms with van der Waals surface area (Å²) in [6.45, 7) is 0.283. The number of ketones is 1. The fourth-order valence-corrected chi connectivity index (χ4v) is 1.78. The van der Waals surface area contributed by atoms with Crippen LogP contribution in [0.5, 0.6) is 11.5 Å². The molecule has 0 aromatic heterocycles. The van der Waals surface area contributed by atoms with E-state index in [0.29, 0.717) is 11.4 Å². The van der Waals surface area contributed by atoms with E-state index < -0.39 is 0 Å². The minimum atomic E-state index is -0.0589. The van der Waals surface area contributed by atoms with Crippen LogP contribution in [0.15, 0.2) is 47.0 Å². The number of hydrogen-bond acceptors (Lipinski definition) is 4. The van der Waals surface area contributed by atoms with E-state index in [1.54, 1.807) is 18.2 Å². The number of rotatable bonds is 0. The third-order valence-electron chi connectivity index (χ3n) is 2.62. The average molecular weight is 227 g/mol. The van der Waals surface area contributed by atoms with E-state index >= 15 is 0 Å². The molecule has 0 saturated heterocycles. The van der Waals surface area contributed by atoms with E-state index in [2.05, 4.69) is 4.99 Å². The molecule has 1 aliphatic heterocycles. The number of aliphatic imine (C=N–C) groups is 1. The van der Waals surface area contributed by atoms with Crippen LogP contribution in [0.25, 0.3) is 0 Å². The van der Waals surface area contributed by atoms with E-state index in [1.165, 1.54) is 18.2 Å². The summed E-state index contributed by atoms with van der Waals surface area (Å²) in [5, 5.41) is 9.37. The van der Waals surface area contributed by atoms with Crippen molar-refractivity contribution in [3.05, 3.63) is 42.0 Å². The topological polar surface area (TPSA) is 58.9 Å². The lowest BCUT2D eigenvalue weighted by molar-refractivity contribution is -0.110. The molecule has 0 amide bonds. The summed E-state index contributed by atoms with van der Waals surface area (Å²) in [6.07, 6.45) is 4.68. The highest BCUT2D eigenvalue weighted by Gasteiger charge is 2.17. The van der Waals surface area contributed by atoms with Gasteiger partial charge < -0.3 is 9.84 Å². The fraction of sp³-hybridized carbons (Fsp3) is 0.0769. The van der Waals surface area contributed by atoms with Crippen LogP contribution in [0, 0.1) is 0 Å². The SMILES string of the molecule is O=C1C=CC2=Nc3ccc(O)cc3OCC2=C1. The molecule has 0 saturated carbocycles. The number of allylic oxidation sites excluding steroid dienone is 3. The normalized spacial score (nSPS) is 17.3. The Labute approximate surface area is 97.6 Å². The molecule has 1 aromatic carbocycles. The van der Waals surface area contributed by atoms with Crippen LogP contribution in [0.1, 0.15) is 0 Å². The van der Waals surface area contributed by atoms with Gasteiger partial charge in [-0.3, -0.25) is 4.79 Å². The molecule has 84 valence electrons. The van der Waals surface area contributed by atoms with Gasteiger partial charge in [-0.2, -0.15) is 0 Å². The van der Waals surface area contributed by atoms with Crippen molar-refractivity contribution in [2.24, 2.45) is 4.99 Å². The van der Waals surface area contributed by atoms with E-state index in [-0.39, 0.29) is 18.1 Å². The summed E-state index contributed by atoms with van der Waals surface area (Å²) in [5.41, 5.74) is 2.14. The molecule has 3 rings (SSSR count). The molecule has 1 N–H and O–H groups in total. The number of benzene rings is 1. The zero-order valence-electron chi connectivity index (χ0n) is 8.88. The minimum absolute atomic E-state index is 0.0589. The summed E-state index contributed by atoms with van der Waals surface area (Å²) >= 11 is 0. The highest BCUT2D eigenvalue weighted by Crippen LogP contribution is 2.34. The quantitative estimate of drug-likeness (QED) is 0.689. The van der Waals surface area contributed by atoms with Crippen LogP contribution in [0.3, 0.4) is 0 Å². The van der Waals surface area contributed by atoms with Crippen molar-refractivity contribution >= 4 is 17.2 Å². The molecular formula is C13H9NO3. The summed E-state index contributed by atoms with van der Waals surface area (Å²) in [5.74, 6) is 0.597. The van der Waals surface area contributed by atoms with E-state index in [9.17, 15) is 9.90 Å². The molecule has 4 nitrogen and oxygen atoms in total. The molecular weight excluding hydrogens is 218 g/mol. The molecule has 17 heavy (non-hydrogen) atoms. The number of nitrogens with zero attached hydrogens (tertiary/aromatic N) is 1. The standard InChI is InChI=1S/C13H9NO3/c15-9-1-3-11-8(5-9)7-17-13-6-10(16)2-4-12(13)14-11/h1-6,16H,7H2. The Morgan fingerprint density at radius 3 is 3.06 bits per heavy atom. The largest absolute Gasteiger partial charge is 0.508 e. The predicted octanol–water partition coefficient (Wildman–Crippen LogP) is 1.92. The Bertz CT molecular complexity index is 597. The minimum Gasteiger partial charge on any atom is -0.508 e. The summed E-state index contributed by atoms with van der Waals surface area (Å²) < 4.78 is 5.52. The van der Waals surface area contributed by atoms with Crippen LogP contribution in [0.2, 0.25) is 0 Å². The van der Waals surface area contributed by atoms with Gasteiger partial charge in [0.2, 0.25) is 0 Å². The van der Waals surface area contributed by atoms with Crippen molar-refractivity contribution < 1.29 is 14.6 Å². The lowest BCUT2D eigenvalue weighted by Gasteiger charge is -2.07. The molecule has 2 aliphatic rings.